The monoisotopic (exact) mass is 438 g/mol. The molecule has 1 atom stereocenters. The first-order valence-corrected chi connectivity index (χ1v) is 9.24. The maximum atomic E-state index is 12.5. The summed E-state index contributed by atoms with van der Waals surface area (Å²) in [4.78, 5) is 17.1. The van der Waals surface area contributed by atoms with Crippen LogP contribution in [0.5, 0.6) is 5.75 Å². The van der Waals surface area contributed by atoms with E-state index in [1.165, 1.54) is 5.56 Å². The first-order valence-electron chi connectivity index (χ1n) is 9.24. The van der Waals surface area contributed by atoms with E-state index in [0.29, 0.717) is 24.5 Å². The molecule has 0 aliphatic carbocycles. The van der Waals surface area contributed by atoms with Crippen molar-refractivity contribution in [3.05, 3.63) is 65.6 Å². The van der Waals surface area contributed by atoms with Crippen molar-refractivity contribution in [3.8, 4) is 5.75 Å². The first-order chi connectivity index (χ1) is 13.1. The fourth-order valence-corrected chi connectivity index (χ4v) is 2.92. The molecule has 0 aliphatic rings. The molecule has 2 N–H and O–H groups in total. The van der Waals surface area contributed by atoms with Crippen LogP contribution in [-0.2, 0) is 6.61 Å². The number of nitrogens with one attached hydrogen (secondary N) is 2. The number of ether oxygens (including phenoxy) is 1. The summed E-state index contributed by atoms with van der Waals surface area (Å²) in [6.07, 6.45) is 3.97. The van der Waals surface area contributed by atoms with Crippen molar-refractivity contribution < 1.29 is 9.53 Å². The van der Waals surface area contributed by atoms with Gasteiger partial charge in [0, 0.05) is 25.0 Å². The molecule has 0 saturated heterocycles. The maximum Gasteiger partial charge on any atom is 0.255 e. The van der Waals surface area contributed by atoms with Gasteiger partial charge in [0.15, 0.2) is 0 Å². The number of imidazole rings is 1. The van der Waals surface area contributed by atoms with Gasteiger partial charge in [-0.3, -0.25) is 4.79 Å². The molecule has 0 fully saturated rings. The highest BCUT2D eigenvalue weighted by molar-refractivity contribution is 5.96. The molecule has 0 saturated carbocycles. The number of para-hydroxylation sites is 1. The van der Waals surface area contributed by atoms with Gasteiger partial charge in [-0.2, -0.15) is 0 Å². The summed E-state index contributed by atoms with van der Waals surface area (Å²) in [5.74, 6) is 0.417. The van der Waals surface area contributed by atoms with Crippen molar-refractivity contribution in [2.24, 2.45) is 0 Å². The van der Waals surface area contributed by atoms with Gasteiger partial charge in [-0.1, -0.05) is 25.1 Å². The van der Waals surface area contributed by atoms with Crippen molar-refractivity contribution >= 4 is 36.4 Å². The highest BCUT2D eigenvalue weighted by Gasteiger charge is 2.13. The first kappa shape index (κ1) is 24.8. The number of hydrogen-bond donors (Lipinski definition) is 2. The molecule has 6 nitrogen and oxygen atoms in total. The number of rotatable bonds is 8. The Kier molecular flexibility index (Phi) is 9.95. The minimum Gasteiger partial charge on any atom is -0.486 e. The second-order valence-corrected chi connectivity index (χ2v) is 6.66. The summed E-state index contributed by atoms with van der Waals surface area (Å²) in [5, 5.41) is 6.22. The number of carbonyl (C=O) groups is 1. The van der Waals surface area contributed by atoms with Crippen molar-refractivity contribution in [3.63, 3.8) is 0 Å². The molecule has 0 unspecified atom stereocenters. The summed E-state index contributed by atoms with van der Waals surface area (Å²) in [6.45, 7) is 7.86. The molecular weight excluding hydrogens is 411 g/mol. The molecule has 158 valence electrons. The largest absolute Gasteiger partial charge is 0.486 e. The van der Waals surface area contributed by atoms with Crippen LogP contribution in [0.1, 0.15) is 35.5 Å². The molecule has 1 amide bonds. The van der Waals surface area contributed by atoms with E-state index in [-0.39, 0.29) is 36.8 Å². The van der Waals surface area contributed by atoms with Crippen LogP contribution in [0.4, 0.5) is 0 Å². The predicted molar refractivity (Wildman–Crippen MR) is 121 cm³/mol. The number of pyridine rings is 1. The van der Waals surface area contributed by atoms with Crippen LogP contribution in [0.25, 0.3) is 5.65 Å². The maximum absolute atomic E-state index is 12.5. The van der Waals surface area contributed by atoms with Gasteiger partial charge < -0.3 is 19.8 Å². The zero-order valence-electron chi connectivity index (χ0n) is 16.8. The third-order valence-electron chi connectivity index (χ3n) is 4.28. The molecule has 2 heterocycles. The standard InChI is InChI=1S/C21H26N4O2.2ClH/c1-4-22-16(3)11-23-21(26)18-7-5-6-8-19(18)27-14-17-13-25-12-15(2)9-10-20(25)24-17;;/h5-10,12-13,16,22H,4,11,14H2,1-3H3,(H,23,26);2*1H/t16-;;/m1../s1. The van der Waals surface area contributed by atoms with Gasteiger partial charge in [0.2, 0.25) is 0 Å². The summed E-state index contributed by atoms with van der Waals surface area (Å²) >= 11 is 0. The zero-order valence-corrected chi connectivity index (χ0v) is 18.5. The number of halogens is 2. The van der Waals surface area contributed by atoms with Gasteiger partial charge in [-0.25, -0.2) is 4.98 Å². The van der Waals surface area contributed by atoms with Gasteiger partial charge in [0.25, 0.3) is 5.91 Å². The number of fused-ring (bicyclic) bond motifs is 1. The molecule has 0 spiro atoms. The number of amides is 1. The van der Waals surface area contributed by atoms with Gasteiger partial charge >= 0.3 is 0 Å². The van der Waals surface area contributed by atoms with E-state index in [1.54, 1.807) is 6.07 Å². The minimum atomic E-state index is -0.138. The molecular formula is C21H28Cl2N4O2. The Morgan fingerprint density at radius 1 is 1.17 bits per heavy atom. The van der Waals surface area contributed by atoms with Crippen LogP contribution in [0.2, 0.25) is 0 Å². The molecule has 2 aromatic heterocycles. The highest BCUT2D eigenvalue weighted by atomic mass is 35.5. The third-order valence-corrected chi connectivity index (χ3v) is 4.28. The van der Waals surface area contributed by atoms with Crippen molar-refractivity contribution in [1.29, 1.82) is 0 Å². The second kappa shape index (κ2) is 11.7. The lowest BCUT2D eigenvalue weighted by atomic mass is 10.2. The van der Waals surface area contributed by atoms with E-state index in [0.717, 1.165) is 17.9 Å². The minimum absolute atomic E-state index is 0. The average molecular weight is 439 g/mol. The predicted octanol–water partition coefficient (Wildman–Crippen LogP) is 3.79. The van der Waals surface area contributed by atoms with Gasteiger partial charge in [0.05, 0.1) is 11.3 Å². The van der Waals surface area contributed by atoms with Crippen LogP contribution in [-0.4, -0.2) is 34.4 Å². The molecule has 8 heteroatoms. The van der Waals surface area contributed by atoms with Crippen LogP contribution in [0.15, 0.2) is 48.8 Å². The normalized spacial score (nSPS) is 11.3. The van der Waals surface area contributed by atoms with Crippen LogP contribution < -0.4 is 15.4 Å². The average Bonchev–Trinajstić information content (AvgIpc) is 3.07. The van der Waals surface area contributed by atoms with Gasteiger partial charge in [-0.15, -0.1) is 24.8 Å². The summed E-state index contributed by atoms with van der Waals surface area (Å²) in [5.41, 5.74) is 3.39. The molecule has 3 rings (SSSR count). The van der Waals surface area contributed by atoms with E-state index in [9.17, 15) is 4.79 Å². The molecule has 0 radical (unpaired) electrons. The van der Waals surface area contributed by atoms with E-state index in [1.807, 2.05) is 67.9 Å². The molecule has 3 aromatic rings. The van der Waals surface area contributed by atoms with E-state index < -0.39 is 0 Å². The highest BCUT2D eigenvalue weighted by Crippen LogP contribution is 2.19. The summed E-state index contributed by atoms with van der Waals surface area (Å²) < 4.78 is 7.89. The Morgan fingerprint density at radius 3 is 2.69 bits per heavy atom. The van der Waals surface area contributed by atoms with E-state index in [4.69, 9.17) is 4.74 Å². The number of aromatic nitrogens is 2. The Morgan fingerprint density at radius 2 is 1.93 bits per heavy atom. The molecule has 0 bridgehead atoms. The fourth-order valence-electron chi connectivity index (χ4n) is 2.92. The number of carbonyl (C=O) groups excluding carboxylic acids is 1. The number of nitrogens with zero attached hydrogens (tertiary/aromatic N) is 2. The van der Waals surface area contributed by atoms with E-state index >= 15 is 0 Å². The topological polar surface area (TPSA) is 67.7 Å². The second-order valence-electron chi connectivity index (χ2n) is 6.66. The lowest BCUT2D eigenvalue weighted by molar-refractivity contribution is 0.0945. The van der Waals surface area contributed by atoms with Crippen molar-refractivity contribution in [2.75, 3.05) is 13.1 Å². The fraction of sp³-hybridized carbons (Fsp3) is 0.333. The Bertz CT molecular complexity index is 930. The molecule has 0 aliphatic heterocycles. The van der Waals surface area contributed by atoms with E-state index in [2.05, 4.69) is 15.6 Å². The quantitative estimate of drug-likeness (QED) is 0.561. The Hall–Kier alpha value is -2.28. The lowest BCUT2D eigenvalue weighted by Gasteiger charge is -2.15. The molecule has 29 heavy (non-hydrogen) atoms. The number of benzene rings is 1. The Labute approximate surface area is 183 Å². The van der Waals surface area contributed by atoms with Crippen LogP contribution >= 0.6 is 24.8 Å². The zero-order chi connectivity index (χ0) is 19.2. The number of hydrogen-bond acceptors (Lipinski definition) is 4. The molecule has 1 aromatic carbocycles. The van der Waals surface area contributed by atoms with Crippen molar-refractivity contribution in [1.82, 2.24) is 20.0 Å². The van der Waals surface area contributed by atoms with Gasteiger partial charge in [0.1, 0.15) is 18.0 Å². The van der Waals surface area contributed by atoms with Crippen molar-refractivity contribution in [2.45, 2.75) is 33.4 Å². The SMILES string of the molecule is CCN[C@H](C)CNC(=O)c1ccccc1OCc1cn2cc(C)ccc2n1.Cl.Cl. The number of aryl methyl sites for hydroxylation is 1. The van der Waals surface area contributed by atoms with Gasteiger partial charge in [-0.05, 0) is 44.2 Å². The van der Waals surface area contributed by atoms with Crippen LogP contribution in [0.3, 0.4) is 0 Å². The summed E-state index contributed by atoms with van der Waals surface area (Å²) in [7, 11) is 0. The summed E-state index contributed by atoms with van der Waals surface area (Å²) in [6, 6.07) is 11.5. The third kappa shape index (κ3) is 6.63. The lowest BCUT2D eigenvalue weighted by Crippen LogP contribution is -2.38. The van der Waals surface area contributed by atoms with Crippen LogP contribution in [0, 0.1) is 6.92 Å². The Balaban J connectivity index is 0.00000210. The number of likely N-dealkylation sites (N-methyl/N-ethyl adjacent to an activating group) is 1. The smallest absolute Gasteiger partial charge is 0.255 e.